The van der Waals surface area contributed by atoms with Gasteiger partial charge in [0.1, 0.15) is 11.6 Å². The lowest BCUT2D eigenvalue weighted by atomic mass is 10.1. The van der Waals surface area contributed by atoms with E-state index < -0.39 is 0 Å². The minimum Gasteiger partial charge on any atom is -0.356 e. The third-order valence-corrected chi connectivity index (χ3v) is 3.64. The van der Waals surface area contributed by atoms with Crippen LogP contribution in [-0.2, 0) is 11.2 Å². The van der Waals surface area contributed by atoms with Crippen molar-refractivity contribution in [2.24, 2.45) is 4.99 Å². The van der Waals surface area contributed by atoms with E-state index in [4.69, 9.17) is 0 Å². The lowest BCUT2D eigenvalue weighted by Gasteiger charge is -2.12. The molecule has 0 bridgehead atoms. The Hall–Kier alpha value is -2.96. The Morgan fingerprint density at radius 2 is 1.85 bits per heavy atom. The third kappa shape index (κ3) is 6.88. The van der Waals surface area contributed by atoms with E-state index in [0.29, 0.717) is 31.3 Å². The van der Waals surface area contributed by atoms with E-state index in [1.165, 1.54) is 12.1 Å². The van der Waals surface area contributed by atoms with Crippen LogP contribution in [0, 0.1) is 12.7 Å². The normalized spacial score (nSPS) is 11.1. The number of carbonyl (C=O) groups excluding carboxylic acids is 1. The lowest BCUT2D eigenvalue weighted by molar-refractivity contribution is -0.116. The van der Waals surface area contributed by atoms with E-state index in [9.17, 15) is 9.18 Å². The zero-order chi connectivity index (χ0) is 18.8. The molecule has 3 N–H and O–H groups in total. The second kappa shape index (κ2) is 10.1. The monoisotopic (exact) mass is 357 g/mol. The van der Waals surface area contributed by atoms with Crippen LogP contribution in [0.4, 0.5) is 10.2 Å². The molecule has 0 unspecified atom stereocenters. The number of nitrogens with zero attached hydrogens (tertiary/aromatic N) is 2. The molecule has 138 valence electrons. The van der Waals surface area contributed by atoms with E-state index in [-0.39, 0.29) is 11.7 Å². The minimum absolute atomic E-state index is 0.114. The van der Waals surface area contributed by atoms with Crippen LogP contribution in [0.15, 0.2) is 47.5 Å². The quantitative estimate of drug-likeness (QED) is 0.525. The molecule has 0 saturated heterocycles. The molecule has 0 aliphatic rings. The van der Waals surface area contributed by atoms with Gasteiger partial charge in [-0.05, 0) is 43.2 Å². The average molecular weight is 357 g/mol. The second-order valence-corrected chi connectivity index (χ2v) is 5.76. The van der Waals surface area contributed by atoms with Crippen molar-refractivity contribution in [3.05, 3.63) is 59.5 Å². The Kier molecular flexibility index (Phi) is 7.54. The van der Waals surface area contributed by atoms with Crippen LogP contribution in [0.25, 0.3) is 0 Å². The summed E-state index contributed by atoms with van der Waals surface area (Å²) in [7, 11) is 1.67. The van der Waals surface area contributed by atoms with Gasteiger partial charge in [0.15, 0.2) is 5.96 Å². The maximum Gasteiger partial charge on any atom is 0.227 e. The zero-order valence-corrected chi connectivity index (χ0v) is 15.1. The molecule has 0 saturated carbocycles. The van der Waals surface area contributed by atoms with Crippen LogP contribution in [0.5, 0.6) is 0 Å². The molecule has 2 aromatic rings. The first-order valence-corrected chi connectivity index (χ1v) is 8.49. The standard InChI is InChI=1S/C19H24FN5O/c1-14-4-3-5-17(24-14)25-18(26)11-13-23-19(21-2)22-12-10-15-6-8-16(20)9-7-15/h3-9H,10-13H2,1-2H3,(H2,21,22,23)(H,24,25,26). The van der Waals surface area contributed by atoms with Gasteiger partial charge in [-0.1, -0.05) is 18.2 Å². The van der Waals surface area contributed by atoms with Crippen molar-refractivity contribution in [1.29, 1.82) is 0 Å². The highest BCUT2D eigenvalue weighted by Crippen LogP contribution is 2.04. The highest BCUT2D eigenvalue weighted by molar-refractivity contribution is 5.90. The number of benzene rings is 1. The maximum atomic E-state index is 12.9. The van der Waals surface area contributed by atoms with Crippen LogP contribution in [-0.4, -0.2) is 37.0 Å². The smallest absolute Gasteiger partial charge is 0.227 e. The molecule has 0 radical (unpaired) electrons. The highest BCUT2D eigenvalue weighted by Gasteiger charge is 2.04. The van der Waals surface area contributed by atoms with Crippen LogP contribution in [0.3, 0.4) is 0 Å². The number of hydrogen-bond acceptors (Lipinski definition) is 3. The number of aliphatic imine (C=N–C) groups is 1. The van der Waals surface area contributed by atoms with Crippen molar-refractivity contribution in [1.82, 2.24) is 15.6 Å². The summed E-state index contributed by atoms with van der Waals surface area (Å²) in [6, 6.07) is 11.9. The second-order valence-electron chi connectivity index (χ2n) is 5.76. The molecule has 6 nitrogen and oxygen atoms in total. The number of aromatic nitrogens is 1. The van der Waals surface area contributed by atoms with Crippen LogP contribution in [0.1, 0.15) is 17.7 Å². The van der Waals surface area contributed by atoms with Gasteiger partial charge in [-0.2, -0.15) is 0 Å². The molecule has 0 atom stereocenters. The number of anilines is 1. The van der Waals surface area contributed by atoms with E-state index in [0.717, 1.165) is 17.7 Å². The van der Waals surface area contributed by atoms with Crippen molar-refractivity contribution in [3.8, 4) is 0 Å². The summed E-state index contributed by atoms with van der Waals surface area (Å²) in [6.45, 7) is 2.98. The Morgan fingerprint density at radius 3 is 2.54 bits per heavy atom. The number of aryl methyl sites for hydroxylation is 1. The Bertz CT molecular complexity index is 746. The van der Waals surface area contributed by atoms with E-state index >= 15 is 0 Å². The third-order valence-electron chi connectivity index (χ3n) is 3.64. The molecule has 1 amide bonds. The summed E-state index contributed by atoms with van der Waals surface area (Å²) in [4.78, 5) is 20.3. The molecule has 0 aliphatic heterocycles. The zero-order valence-electron chi connectivity index (χ0n) is 15.1. The number of pyridine rings is 1. The minimum atomic E-state index is -0.238. The van der Waals surface area contributed by atoms with Crippen molar-refractivity contribution in [2.45, 2.75) is 19.8 Å². The van der Waals surface area contributed by atoms with Crippen LogP contribution in [0.2, 0.25) is 0 Å². The topological polar surface area (TPSA) is 78.4 Å². The fourth-order valence-electron chi connectivity index (χ4n) is 2.31. The van der Waals surface area contributed by atoms with Crippen LogP contribution < -0.4 is 16.0 Å². The van der Waals surface area contributed by atoms with E-state index in [2.05, 4.69) is 25.9 Å². The molecule has 0 fully saturated rings. The lowest BCUT2D eigenvalue weighted by Crippen LogP contribution is -2.39. The molecule has 1 heterocycles. The number of amides is 1. The Balaban J connectivity index is 1.66. The van der Waals surface area contributed by atoms with Gasteiger partial charge >= 0.3 is 0 Å². The summed E-state index contributed by atoms with van der Waals surface area (Å²) in [5.74, 6) is 0.820. The molecule has 7 heteroatoms. The number of carbonyl (C=O) groups is 1. The molecule has 1 aromatic carbocycles. The van der Waals surface area contributed by atoms with E-state index in [1.54, 1.807) is 25.2 Å². The first-order valence-electron chi connectivity index (χ1n) is 8.49. The fourth-order valence-corrected chi connectivity index (χ4v) is 2.31. The van der Waals surface area contributed by atoms with Crippen molar-refractivity contribution in [3.63, 3.8) is 0 Å². The average Bonchev–Trinajstić information content (AvgIpc) is 2.62. The van der Waals surface area contributed by atoms with E-state index in [1.807, 2.05) is 19.1 Å². The molecule has 0 aliphatic carbocycles. The van der Waals surface area contributed by atoms with Gasteiger partial charge in [0.25, 0.3) is 0 Å². The molecular weight excluding hydrogens is 333 g/mol. The molecule has 2 rings (SSSR count). The summed E-state index contributed by atoms with van der Waals surface area (Å²) in [5, 5.41) is 9.02. The highest BCUT2D eigenvalue weighted by atomic mass is 19.1. The molecule has 0 spiro atoms. The predicted molar refractivity (Wildman–Crippen MR) is 102 cm³/mol. The van der Waals surface area contributed by atoms with Crippen molar-refractivity contribution in [2.75, 3.05) is 25.5 Å². The largest absolute Gasteiger partial charge is 0.356 e. The summed E-state index contributed by atoms with van der Waals surface area (Å²) >= 11 is 0. The summed E-state index contributed by atoms with van der Waals surface area (Å²) < 4.78 is 12.9. The Morgan fingerprint density at radius 1 is 1.12 bits per heavy atom. The molecule has 26 heavy (non-hydrogen) atoms. The van der Waals surface area contributed by atoms with Gasteiger partial charge in [0.05, 0.1) is 0 Å². The van der Waals surface area contributed by atoms with Gasteiger partial charge in [-0.3, -0.25) is 9.79 Å². The number of nitrogens with one attached hydrogen (secondary N) is 3. The number of guanidine groups is 1. The SMILES string of the molecule is CN=C(NCCC(=O)Nc1cccc(C)n1)NCCc1ccc(F)cc1. The number of hydrogen-bond donors (Lipinski definition) is 3. The first kappa shape index (κ1) is 19.4. The van der Waals surface area contributed by atoms with Crippen molar-refractivity contribution >= 4 is 17.7 Å². The van der Waals surface area contributed by atoms with Gasteiger partial charge in [0.2, 0.25) is 5.91 Å². The molecular formula is C19H24FN5O. The number of rotatable bonds is 7. The Labute approximate surface area is 152 Å². The summed E-state index contributed by atoms with van der Waals surface area (Å²) in [5.41, 5.74) is 1.89. The fraction of sp³-hybridized carbons (Fsp3) is 0.316. The van der Waals surface area contributed by atoms with Gasteiger partial charge < -0.3 is 16.0 Å². The van der Waals surface area contributed by atoms with Gasteiger partial charge in [-0.25, -0.2) is 9.37 Å². The first-order chi connectivity index (χ1) is 12.6. The maximum absolute atomic E-state index is 12.9. The number of halogens is 1. The van der Waals surface area contributed by atoms with Crippen LogP contribution >= 0.6 is 0 Å². The summed E-state index contributed by atoms with van der Waals surface area (Å²) in [6.07, 6.45) is 1.05. The van der Waals surface area contributed by atoms with Gasteiger partial charge in [-0.15, -0.1) is 0 Å². The van der Waals surface area contributed by atoms with Gasteiger partial charge in [0, 0.05) is 32.3 Å². The van der Waals surface area contributed by atoms with Crippen molar-refractivity contribution < 1.29 is 9.18 Å². The molecule has 1 aromatic heterocycles. The predicted octanol–water partition coefficient (Wildman–Crippen LogP) is 2.27.